The van der Waals surface area contributed by atoms with Gasteiger partial charge >= 0.3 is 13.2 Å². The number of hydrogen-bond donors (Lipinski definition) is 3. The van der Waals surface area contributed by atoms with Gasteiger partial charge in [-0.3, -0.25) is 9.69 Å². The lowest BCUT2D eigenvalue weighted by atomic mass is 9.76. The van der Waals surface area contributed by atoms with Gasteiger partial charge in [-0.2, -0.15) is 5.26 Å². The molecule has 2 aliphatic heterocycles. The Balaban J connectivity index is 1.55. The Labute approximate surface area is 225 Å². The zero-order chi connectivity index (χ0) is 28.1. The van der Waals surface area contributed by atoms with Crippen LogP contribution in [0.15, 0.2) is 24.3 Å². The third-order valence-corrected chi connectivity index (χ3v) is 7.69. The summed E-state index contributed by atoms with van der Waals surface area (Å²) in [5.41, 5.74) is 0.521. The van der Waals surface area contributed by atoms with Crippen molar-refractivity contribution in [1.82, 2.24) is 15.1 Å². The van der Waals surface area contributed by atoms with E-state index in [1.807, 2.05) is 0 Å². The number of nitrogens with one attached hydrogen (secondary N) is 1. The molecule has 11 heteroatoms. The number of hydrogen-bond acceptors (Lipinski definition) is 7. The molecule has 0 aliphatic carbocycles. The predicted octanol–water partition coefficient (Wildman–Crippen LogP) is 2.51. The number of halogens is 1. The minimum absolute atomic E-state index is 0.0656. The topological polar surface area (TPSA) is 126 Å². The lowest BCUT2D eigenvalue weighted by Crippen LogP contribution is -2.51. The quantitative estimate of drug-likeness (QED) is 0.419. The maximum absolute atomic E-state index is 13.3. The smallest absolute Gasteiger partial charge is 0.444 e. The van der Waals surface area contributed by atoms with E-state index in [4.69, 9.17) is 4.74 Å². The third-order valence-electron chi connectivity index (χ3n) is 7.69. The Hall–Kier alpha value is -2.68. The molecule has 1 aromatic carbocycles. The molecule has 3 N–H and O–H groups in total. The second-order valence-corrected chi connectivity index (χ2v) is 12.0. The molecular weight excluding hydrogens is 490 g/mol. The highest BCUT2D eigenvalue weighted by Crippen LogP contribution is 2.36. The molecule has 0 saturated carbocycles. The van der Waals surface area contributed by atoms with E-state index in [0.29, 0.717) is 31.4 Å². The van der Waals surface area contributed by atoms with E-state index in [9.17, 15) is 29.3 Å². The van der Waals surface area contributed by atoms with Crippen molar-refractivity contribution in [1.29, 1.82) is 5.26 Å². The first kappa shape index (κ1) is 29.9. The molecule has 1 unspecified atom stereocenters. The van der Waals surface area contributed by atoms with Gasteiger partial charge in [-0.25, -0.2) is 9.18 Å². The predicted molar refractivity (Wildman–Crippen MR) is 141 cm³/mol. The van der Waals surface area contributed by atoms with E-state index < -0.39 is 37.0 Å². The number of rotatable bonds is 9. The first-order chi connectivity index (χ1) is 17.8. The molecule has 0 bridgehead atoms. The largest absolute Gasteiger partial charge is 0.475 e. The molecule has 9 nitrogen and oxygen atoms in total. The van der Waals surface area contributed by atoms with Gasteiger partial charge in [-0.05, 0) is 75.6 Å². The summed E-state index contributed by atoms with van der Waals surface area (Å²) in [5.74, 6) is -2.53. The highest BCUT2D eigenvalue weighted by atomic mass is 19.1. The number of amides is 2. The highest BCUT2D eigenvalue weighted by Gasteiger charge is 2.41. The van der Waals surface area contributed by atoms with E-state index >= 15 is 0 Å². The maximum Gasteiger partial charge on any atom is 0.475 e. The molecular formula is C27H40BFN4O5. The molecule has 208 valence electrons. The van der Waals surface area contributed by atoms with Crippen molar-refractivity contribution in [3.05, 3.63) is 35.6 Å². The van der Waals surface area contributed by atoms with E-state index in [-0.39, 0.29) is 29.8 Å². The molecule has 0 spiro atoms. The van der Waals surface area contributed by atoms with E-state index in [2.05, 4.69) is 44.0 Å². The number of alkyl carbamates (subject to hydrolysis) is 1. The Morgan fingerprint density at radius 2 is 1.97 bits per heavy atom. The van der Waals surface area contributed by atoms with Crippen LogP contribution in [0.4, 0.5) is 9.18 Å². The second kappa shape index (κ2) is 12.5. The molecule has 2 saturated heterocycles. The van der Waals surface area contributed by atoms with Crippen LogP contribution in [-0.4, -0.2) is 82.7 Å². The van der Waals surface area contributed by atoms with Crippen molar-refractivity contribution in [2.45, 2.75) is 77.4 Å². The molecule has 2 fully saturated rings. The number of carbonyl (C=O) groups excluding carboxylic acids is 2. The molecule has 38 heavy (non-hydrogen) atoms. The fraction of sp³-hybridized carbons (Fsp3) is 0.667. The van der Waals surface area contributed by atoms with Gasteiger partial charge in [0.05, 0.1) is 18.6 Å². The number of piperidine rings is 1. The number of nitrogens with zero attached hydrogens (tertiary/aromatic N) is 3. The van der Waals surface area contributed by atoms with Crippen LogP contribution < -0.4 is 5.32 Å². The Morgan fingerprint density at radius 3 is 2.55 bits per heavy atom. The third kappa shape index (κ3) is 8.16. The summed E-state index contributed by atoms with van der Waals surface area (Å²) in [4.78, 5) is 29.8. The van der Waals surface area contributed by atoms with Crippen molar-refractivity contribution < 1.29 is 28.8 Å². The van der Waals surface area contributed by atoms with Gasteiger partial charge in [-0.1, -0.05) is 26.0 Å². The van der Waals surface area contributed by atoms with Crippen LogP contribution >= 0.6 is 0 Å². The van der Waals surface area contributed by atoms with Crippen LogP contribution in [0.2, 0.25) is 0 Å². The number of carbonyl (C=O) groups is 2. The monoisotopic (exact) mass is 530 g/mol. The number of benzene rings is 1. The van der Waals surface area contributed by atoms with Crippen molar-refractivity contribution >= 4 is 19.1 Å². The summed E-state index contributed by atoms with van der Waals surface area (Å²) in [6, 6.07) is 7.71. The summed E-state index contributed by atoms with van der Waals surface area (Å²) >= 11 is 0. The van der Waals surface area contributed by atoms with Crippen molar-refractivity contribution in [2.75, 3.05) is 26.2 Å². The maximum atomic E-state index is 13.3. The second-order valence-electron chi connectivity index (χ2n) is 12.0. The van der Waals surface area contributed by atoms with Crippen LogP contribution in [-0.2, 0) is 16.0 Å². The zero-order valence-electron chi connectivity index (χ0n) is 22.8. The minimum atomic E-state index is -1.85. The van der Waals surface area contributed by atoms with Gasteiger partial charge in [-0.15, -0.1) is 0 Å². The fourth-order valence-corrected chi connectivity index (χ4v) is 5.34. The summed E-state index contributed by atoms with van der Waals surface area (Å²) in [6.07, 6.45) is 1.31. The lowest BCUT2D eigenvalue weighted by Gasteiger charge is -2.39. The molecule has 2 heterocycles. The Morgan fingerprint density at radius 1 is 1.29 bits per heavy atom. The van der Waals surface area contributed by atoms with Crippen LogP contribution in [0.5, 0.6) is 0 Å². The van der Waals surface area contributed by atoms with Gasteiger partial charge in [0, 0.05) is 18.6 Å². The SMILES string of the molecule is CC1(C)CCN(C(C)(C)CC(C#N)C(=O)N2CCC[C@H](OC(=O)N[C@@H](Cc3ccc(F)cc3)B(O)O)C2)C1. The van der Waals surface area contributed by atoms with E-state index in [1.165, 1.54) is 24.3 Å². The molecule has 2 aliphatic rings. The number of likely N-dealkylation sites (tertiary alicyclic amines) is 2. The van der Waals surface area contributed by atoms with Crippen LogP contribution in [0.1, 0.15) is 58.9 Å². The average molecular weight is 530 g/mol. The van der Waals surface area contributed by atoms with Gasteiger partial charge < -0.3 is 25.0 Å². The lowest BCUT2D eigenvalue weighted by molar-refractivity contribution is -0.138. The highest BCUT2D eigenvalue weighted by molar-refractivity contribution is 6.43. The van der Waals surface area contributed by atoms with Gasteiger partial charge in [0.1, 0.15) is 17.8 Å². The first-order valence-electron chi connectivity index (χ1n) is 13.3. The van der Waals surface area contributed by atoms with Crippen LogP contribution in [0.3, 0.4) is 0 Å². The van der Waals surface area contributed by atoms with Crippen LogP contribution in [0, 0.1) is 28.5 Å². The molecule has 2 amide bonds. The number of ether oxygens (including phenoxy) is 1. The van der Waals surface area contributed by atoms with Crippen molar-refractivity contribution in [3.8, 4) is 6.07 Å². The minimum Gasteiger partial charge on any atom is -0.444 e. The summed E-state index contributed by atoms with van der Waals surface area (Å²) in [5, 5.41) is 31.7. The van der Waals surface area contributed by atoms with Crippen molar-refractivity contribution in [3.63, 3.8) is 0 Å². The zero-order valence-corrected chi connectivity index (χ0v) is 22.8. The molecule has 1 aromatic rings. The average Bonchev–Trinajstić information content (AvgIpc) is 3.23. The Bertz CT molecular complexity index is 1010. The van der Waals surface area contributed by atoms with Crippen molar-refractivity contribution in [2.24, 2.45) is 11.3 Å². The van der Waals surface area contributed by atoms with E-state index in [0.717, 1.165) is 19.5 Å². The van der Waals surface area contributed by atoms with Crippen LogP contribution in [0.25, 0.3) is 0 Å². The molecule has 3 rings (SSSR count). The molecule has 0 aromatic heterocycles. The van der Waals surface area contributed by atoms with Gasteiger partial charge in [0.15, 0.2) is 0 Å². The molecule has 3 atom stereocenters. The standard InChI is InChI=1S/C27H40BFN4O5/c1-26(2)11-13-33(18-26)27(3,4)15-20(16-30)24(34)32-12-5-6-22(17-32)38-25(35)31-23(28(36)37)14-19-7-9-21(29)10-8-19/h7-10,20,22-23,36-37H,5-6,11-15,17-18H2,1-4H3,(H,31,35)/t20?,22-,23-/m0/s1. The normalized spacial score (nSPS) is 21.3. The van der Waals surface area contributed by atoms with E-state index in [1.54, 1.807) is 4.90 Å². The summed E-state index contributed by atoms with van der Waals surface area (Å²) in [6.45, 7) is 11.1. The number of nitriles is 1. The van der Waals surface area contributed by atoms with Gasteiger partial charge in [0.25, 0.3) is 0 Å². The van der Waals surface area contributed by atoms with Gasteiger partial charge in [0.2, 0.25) is 5.91 Å². The summed E-state index contributed by atoms with van der Waals surface area (Å²) < 4.78 is 18.7. The Kier molecular flexibility index (Phi) is 9.79. The summed E-state index contributed by atoms with van der Waals surface area (Å²) in [7, 11) is -1.85. The molecule has 0 radical (unpaired) electrons. The fourth-order valence-electron chi connectivity index (χ4n) is 5.34. The first-order valence-corrected chi connectivity index (χ1v) is 13.3.